The van der Waals surface area contributed by atoms with Crippen LogP contribution in [0.2, 0.25) is 0 Å². The van der Waals surface area contributed by atoms with Crippen LogP contribution in [0.4, 0.5) is 0 Å². The summed E-state index contributed by atoms with van der Waals surface area (Å²) < 4.78 is 50.0. The highest BCUT2D eigenvalue weighted by molar-refractivity contribution is 7.93. The van der Waals surface area contributed by atoms with Gasteiger partial charge in [-0.15, -0.1) is 0 Å². The van der Waals surface area contributed by atoms with Gasteiger partial charge in [0.25, 0.3) is 10.1 Å². The summed E-state index contributed by atoms with van der Waals surface area (Å²) in [5.74, 6) is 0. The fourth-order valence-electron chi connectivity index (χ4n) is 0.941. The third kappa shape index (κ3) is 9.37. The van der Waals surface area contributed by atoms with Crippen molar-refractivity contribution in [1.29, 1.82) is 0 Å². The molecule has 108 valence electrons. The molecule has 6 nitrogen and oxygen atoms in total. The van der Waals surface area contributed by atoms with Crippen LogP contribution in [0.5, 0.6) is 0 Å². The molecule has 0 aliphatic carbocycles. The molecular formula is C11H17NO5S2. The third-order valence-electron chi connectivity index (χ3n) is 1.80. The quantitative estimate of drug-likeness (QED) is 0.796. The number of sulfone groups is 1. The molecule has 0 fully saturated rings. The molecule has 0 radical (unpaired) electrons. The average molecular weight is 307 g/mol. The molecule has 0 aromatic heterocycles. The van der Waals surface area contributed by atoms with E-state index >= 15 is 0 Å². The Labute approximate surface area is 113 Å². The van der Waals surface area contributed by atoms with Crippen LogP contribution in [0.15, 0.2) is 40.6 Å². The molecule has 0 spiro atoms. The molecule has 1 rings (SSSR count). The summed E-state index contributed by atoms with van der Waals surface area (Å²) in [5, 5.41) is 1.09. The van der Waals surface area contributed by atoms with Crippen LogP contribution >= 0.6 is 0 Å². The van der Waals surface area contributed by atoms with Gasteiger partial charge in [-0.3, -0.25) is 4.55 Å². The first-order valence-corrected chi connectivity index (χ1v) is 8.56. The van der Waals surface area contributed by atoms with Gasteiger partial charge >= 0.3 is 0 Å². The summed E-state index contributed by atoms with van der Waals surface area (Å²) in [5.41, 5.74) is 5.94. The van der Waals surface area contributed by atoms with Crippen molar-refractivity contribution in [1.82, 2.24) is 0 Å². The van der Waals surface area contributed by atoms with E-state index in [2.05, 4.69) is 0 Å². The lowest BCUT2D eigenvalue weighted by Gasteiger charge is -1.95. The molecule has 8 heteroatoms. The van der Waals surface area contributed by atoms with Crippen LogP contribution in [0, 0.1) is 6.92 Å². The first kappa shape index (κ1) is 17.8. The number of hydrogen-bond acceptors (Lipinski definition) is 5. The van der Waals surface area contributed by atoms with Crippen molar-refractivity contribution in [3.63, 3.8) is 0 Å². The van der Waals surface area contributed by atoms with Crippen molar-refractivity contribution in [2.45, 2.75) is 11.8 Å². The largest absolute Gasteiger partial charge is 0.327 e. The van der Waals surface area contributed by atoms with Gasteiger partial charge in [0, 0.05) is 18.2 Å². The second-order valence-electron chi connectivity index (χ2n) is 3.73. The van der Waals surface area contributed by atoms with Crippen LogP contribution < -0.4 is 5.73 Å². The summed E-state index contributed by atoms with van der Waals surface area (Å²) >= 11 is 0. The Morgan fingerprint density at radius 1 is 1.16 bits per heavy atom. The molecule has 0 saturated carbocycles. The van der Waals surface area contributed by atoms with E-state index < -0.39 is 20.0 Å². The van der Waals surface area contributed by atoms with Gasteiger partial charge in [-0.25, -0.2) is 8.42 Å². The monoisotopic (exact) mass is 307 g/mol. The minimum Gasteiger partial charge on any atom is -0.327 e. The summed E-state index contributed by atoms with van der Waals surface area (Å²) in [6, 6.07) is 5.99. The Kier molecular flexibility index (Phi) is 6.91. The third-order valence-corrected chi connectivity index (χ3v) is 3.35. The molecule has 0 bridgehead atoms. The van der Waals surface area contributed by atoms with Crippen molar-refractivity contribution < 1.29 is 21.4 Å². The molecule has 0 aliphatic rings. The SMILES string of the molecule is CS(=O)(=O)/C=C\CN.Cc1ccc(S(=O)(=O)O)cc1. The number of benzene rings is 1. The van der Waals surface area contributed by atoms with E-state index in [0.29, 0.717) is 0 Å². The zero-order valence-corrected chi connectivity index (χ0v) is 12.3. The van der Waals surface area contributed by atoms with Crippen LogP contribution in [0.3, 0.4) is 0 Å². The van der Waals surface area contributed by atoms with Crippen molar-refractivity contribution in [2.24, 2.45) is 5.73 Å². The standard InChI is InChI=1S/C7H8O3S.C4H9NO2S/c1-6-2-4-7(5-3-6)11(8,9)10;1-8(6,7)4-2-3-5/h2-5H,1H3,(H,8,9,10);2,4H,3,5H2,1H3/b;4-2-. The Morgan fingerprint density at radius 2 is 1.63 bits per heavy atom. The van der Waals surface area contributed by atoms with Crippen molar-refractivity contribution >= 4 is 20.0 Å². The average Bonchev–Trinajstić information content (AvgIpc) is 2.25. The molecule has 3 N–H and O–H groups in total. The van der Waals surface area contributed by atoms with Gasteiger partial charge in [0.15, 0.2) is 9.84 Å². The molecule has 1 aromatic rings. The van der Waals surface area contributed by atoms with E-state index in [4.69, 9.17) is 10.3 Å². The molecule has 0 unspecified atom stereocenters. The first-order chi connectivity index (χ1) is 8.56. The zero-order valence-electron chi connectivity index (χ0n) is 10.6. The van der Waals surface area contributed by atoms with E-state index in [9.17, 15) is 16.8 Å². The van der Waals surface area contributed by atoms with Gasteiger partial charge in [0.1, 0.15) is 0 Å². The summed E-state index contributed by atoms with van der Waals surface area (Å²) in [7, 11) is -6.97. The smallest absolute Gasteiger partial charge is 0.294 e. The predicted molar refractivity (Wildman–Crippen MR) is 74.0 cm³/mol. The maximum Gasteiger partial charge on any atom is 0.294 e. The summed E-state index contributed by atoms with van der Waals surface area (Å²) in [6.07, 6.45) is 2.52. The maximum absolute atomic E-state index is 10.5. The van der Waals surface area contributed by atoms with E-state index in [0.717, 1.165) is 17.2 Å². The lowest BCUT2D eigenvalue weighted by molar-refractivity contribution is 0.483. The topological polar surface area (TPSA) is 115 Å². The van der Waals surface area contributed by atoms with Gasteiger partial charge in [-0.2, -0.15) is 8.42 Å². The fraction of sp³-hybridized carbons (Fsp3) is 0.273. The Bertz CT molecular complexity index is 616. The predicted octanol–water partition coefficient (Wildman–Crippen LogP) is 0.745. The molecule has 0 atom stereocenters. The van der Waals surface area contributed by atoms with Crippen molar-refractivity contribution in [3.05, 3.63) is 41.3 Å². The number of rotatable bonds is 3. The van der Waals surface area contributed by atoms with E-state index in [1.54, 1.807) is 12.1 Å². The Morgan fingerprint density at radius 3 is 1.89 bits per heavy atom. The summed E-state index contributed by atoms with van der Waals surface area (Å²) in [4.78, 5) is -0.0666. The van der Waals surface area contributed by atoms with Gasteiger partial charge < -0.3 is 5.73 Å². The van der Waals surface area contributed by atoms with Gasteiger partial charge in [-0.05, 0) is 19.1 Å². The van der Waals surface area contributed by atoms with Crippen LogP contribution in [-0.4, -0.2) is 34.2 Å². The molecule has 1 aromatic carbocycles. The van der Waals surface area contributed by atoms with Crippen LogP contribution in [-0.2, 0) is 20.0 Å². The number of nitrogens with two attached hydrogens (primary N) is 1. The molecular weight excluding hydrogens is 290 g/mol. The number of aryl methyl sites for hydroxylation is 1. The molecule has 0 aliphatic heterocycles. The normalized spacial score (nSPS) is 12.0. The highest BCUT2D eigenvalue weighted by atomic mass is 32.2. The fourth-order valence-corrected chi connectivity index (χ4v) is 1.88. The maximum atomic E-state index is 10.5. The Balaban J connectivity index is 0.000000362. The first-order valence-electron chi connectivity index (χ1n) is 5.17. The second kappa shape index (κ2) is 7.39. The lowest BCUT2D eigenvalue weighted by Crippen LogP contribution is -1.96. The van der Waals surface area contributed by atoms with E-state index in [1.807, 2.05) is 6.92 Å². The highest BCUT2D eigenvalue weighted by Crippen LogP contribution is 2.08. The van der Waals surface area contributed by atoms with Crippen LogP contribution in [0.1, 0.15) is 5.56 Å². The molecule has 19 heavy (non-hydrogen) atoms. The molecule has 0 heterocycles. The van der Waals surface area contributed by atoms with E-state index in [-0.39, 0.29) is 11.4 Å². The zero-order chi connectivity index (χ0) is 15.1. The highest BCUT2D eigenvalue weighted by Gasteiger charge is 2.06. The summed E-state index contributed by atoms with van der Waals surface area (Å²) in [6.45, 7) is 2.11. The minimum atomic E-state index is -4.02. The van der Waals surface area contributed by atoms with Gasteiger partial charge in [-0.1, -0.05) is 23.8 Å². The van der Waals surface area contributed by atoms with Crippen molar-refractivity contribution in [2.75, 3.05) is 12.8 Å². The second-order valence-corrected chi connectivity index (χ2v) is 7.08. The molecule has 0 amide bonds. The van der Waals surface area contributed by atoms with Gasteiger partial charge in [0.05, 0.1) is 4.90 Å². The van der Waals surface area contributed by atoms with Crippen LogP contribution in [0.25, 0.3) is 0 Å². The lowest BCUT2D eigenvalue weighted by atomic mass is 10.2. The Hall–Kier alpha value is -1.22. The van der Waals surface area contributed by atoms with Gasteiger partial charge in [0.2, 0.25) is 0 Å². The molecule has 0 saturated heterocycles. The number of hydrogen-bond donors (Lipinski definition) is 2. The van der Waals surface area contributed by atoms with Crippen molar-refractivity contribution in [3.8, 4) is 0 Å². The minimum absolute atomic E-state index is 0.0666. The van der Waals surface area contributed by atoms with E-state index in [1.165, 1.54) is 18.2 Å².